The van der Waals surface area contributed by atoms with E-state index in [9.17, 15) is 29.1 Å². The Morgan fingerprint density at radius 3 is 2.50 bits per heavy atom. The van der Waals surface area contributed by atoms with Gasteiger partial charge in [0.25, 0.3) is 0 Å². The molecule has 0 spiro atoms. The quantitative estimate of drug-likeness (QED) is 0.0644. The van der Waals surface area contributed by atoms with Gasteiger partial charge < -0.3 is 47.9 Å². The molecule has 0 bridgehead atoms. The predicted molar refractivity (Wildman–Crippen MR) is 133 cm³/mol. The molecule has 4 unspecified atom stereocenters. The zero-order valence-electron chi connectivity index (χ0n) is 20.8. The molecule has 1 fully saturated rings. The Bertz CT molecular complexity index is 1010. The summed E-state index contributed by atoms with van der Waals surface area (Å²) in [5.41, 5.74) is 17.0. The summed E-state index contributed by atoms with van der Waals surface area (Å²) in [5, 5.41) is 23.4. The number of carbonyl (C=O) groups excluding carboxylic acids is 3. The number of nitrogens with zero attached hydrogens (tertiary/aromatic N) is 3. The highest BCUT2D eigenvalue weighted by molar-refractivity contribution is 5.94. The molecule has 0 aromatic carbocycles. The number of aromatic amines is 1. The number of hydrogen-bond acceptors (Lipinski definition) is 8. The first-order chi connectivity index (χ1) is 18.0. The van der Waals surface area contributed by atoms with Gasteiger partial charge in [-0.25, -0.2) is 9.78 Å². The lowest BCUT2D eigenvalue weighted by Crippen LogP contribution is -2.57. The van der Waals surface area contributed by atoms with Gasteiger partial charge in [0.05, 0.1) is 12.4 Å². The monoisotopic (exact) mass is 537 g/mol. The number of H-pyrrole nitrogens is 1. The van der Waals surface area contributed by atoms with E-state index in [-0.39, 0.29) is 31.8 Å². The Morgan fingerprint density at radius 1 is 1.16 bits per heavy atom. The third-order valence-electron chi connectivity index (χ3n) is 6.00. The fraction of sp³-hybridized carbons (Fsp3) is 0.591. The van der Waals surface area contributed by atoms with Crippen LogP contribution in [0.25, 0.3) is 0 Å². The Hall–Kier alpha value is -4.21. The number of aliphatic carboxylic acids is 2. The number of carbonyl (C=O) groups is 5. The number of likely N-dealkylation sites (tertiary alicyclic amines) is 1. The maximum atomic E-state index is 13.1. The lowest BCUT2D eigenvalue weighted by Gasteiger charge is -2.28. The predicted octanol–water partition coefficient (Wildman–Crippen LogP) is -2.76. The molecule has 2 heterocycles. The van der Waals surface area contributed by atoms with Crippen LogP contribution in [-0.2, 0) is 30.4 Å². The van der Waals surface area contributed by atoms with E-state index < -0.39 is 60.2 Å². The first-order valence-electron chi connectivity index (χ1n) is 12.1. The molecule has 1 saturated heterocycles. The van der Waals surface area contributed by atoms with Gasteiger partial charge in [-0.1, -0.05) is 0 Å². The fourth-order valence-electron chi connectivity index (χ4n) is 4.05. The minimum absolute atomic E-state index is 0.0707. The number of imidazole rings is 1. The highest BCUT2D eigenvalue weighted by atomic mass is 16.4. The Balaban J connectivity index is 2.05. The molecule has 16 heteroatoms. The summed E-state index contributed by atoms with van der Waals surface area (Å²) >= 11 is 0. The zero-order valence-corrected chi connectivity index (χ0v) is 20.8. The van der Waals surface area contributed by atoms with Crippen molar-refractivity contribution in [1.29, 1.82) is 0 Å². The van der Waals surface area contributed by atoms with Crippen LogP contribution in [0.1, 0.15) is 44.2 Å². The number of amides is 3. The number of aliphatic imine (C=N–C) groups is 1. The maximum absolute atomic E-state index is 13.1. The number of aromatic nitrogens is 2. The minimum atomic E-state index is -1.35. The number of rotatable bonds is 15. The molecule has 3 amide bonds. The molecule has 0 saturated carbocycles. The third-order valence-corrected chi connectivity index (χ3v) is 6.00. The number of carboxylic acids is 2. The number of nitrogens with two attached hydrogens (primary N) is 3. The molecule has 1 aromatic rings. The number of guanidine groups is 1. The van der Waals surface area contributed by atoms with Crippen molar-refractivity contribution < 1.29 is 34.2 Å². The largest absolute Gasteiger partial charge is 0.481 e. The van der Waals surface area contributed by atoms with E-state index in [2.05, 4.69) is 25.6 Å². The van der Waals surface area contributed by atoms with Gasteiger partial charge in [0.1, 0.15) is 18.1 Å². The minimum Gasteiger partial charge on any atom is -0.481 e. The van der Waals surface area contributed by atoms with Crippen LogP contribution in [0.15, 0.2) is 17.5 Å². The van der Waals surface area contributed by atoms with E-state index in [0.29, 0.717) is 31.5 Å². The first kappa shape index (κ1) is 30.0. The summed E-state index contributed by atoms with van der Waals surface area (Å²) in [4.78, 5) is 73.5. The molecule has 0 aliphatic carbocycles. The van der Waals surface area contributed by atoms with Crippen molar-refractivity contribution in [2.75, 3.05) is 13.1 Å². The van der Waals surface area contributed by atoms with Crippen molar-refractivity contribution in [3.05, 3.63) is 18.2 Å². The molecule has 16 nitrogen and oxygen atoms in total. The summed E-state index contributed by atoms with van der Waals surface area (Å²) < 4.78 is 0. The third kappa shape index (κ3) is 9.34. The van der Waals surface area contributed by atoms with Crippen LogP contribution in [0.2, 0.25) is 0 Å². The second-order valence-corrected chi connectivity index (χ2v) is 8.92. The lowest BCUT2D eigenvalue weighted by molar-refractivity contribution is -0.143. The van der Waals surface area contributed by atoms with Crippen molar-refractivity contribution in [2.24, 2.45) is 22.2 Å². The Kier molecular flexibility index (Phi) is 11.5. The van der Waals surface area contributed by atoms with Crippen molar-refractivity contribution in [2.45, 2.75) is 69.1 Å². The molecule has 2 rings (SSSR count). The molecule has 0 radical (unpaired) electrons. The van der Waals surface area contributed by atoms with E-state index in [1.54, 1.807) is 0 Å². The van der Waals surface area contributed by atoms with Gasteiger partial charge >= 0.3 is 11.9 Å². The summed E-state index contributed by atoms with van der Waals surface area (Å²) in [7, 11) is 0. The summed E-state index contributed by atoms with van der Waals surface area (Å²) in [6, 6.07) is -4.49. The van der Waals surface area contributed by atoms with Crippen molar-refractivity contribution in [3.8, 4) is 0 Å². The SMILES string of the molecule is NC(N)=NCCCC(N)C(=O)N1CCCC1C(=O)NC(CCC(=O)O)C(=O)NC(Cc1cnc[nH]1)C(=O)O. The molecule has 1 aliphatic heterocycles. The van der Waals surface area contributed by atoms with E-state index >= 15 is 0 Å². The number of hydrogen-bond donors (Lipinski definition) is 8. The van der Waals surface area contributed by atoms with Crippen molar-refractivity contribution in [3.63, 3.8) is 0 Å². The van der Waals surface area contributed by atoms with Gasteiger partial charge in [-0.05, 0) is 32.1 Å². The van der Waals surface area contributed by atoms with Crippen LogP contribution in [0, 0.1) is 0 Å². The topological polar surface area (TPSA) is 272 Å². The first-order valence-corrected chi connectivity index (χ1v) is 12.1. The van der Waals surface area contributed by atoms with Crippen molar-refractivity contribution in [1.82, 2.24) is 25.5 Å². The second kappa shape index (κ2) is 14.5. The highest BCUT2D eigenvalue weighted by Gasteiger charge is 2.38. The van der Waals surface area contributed by atoms with E-state index in [0.717, 1.165) is 0 Å². The van der Waals surface area contributed by atoms with E-state index in [4.69, 9.17) is 22.3 Å². The average molecular weight is 538 g/mol. The van der Waals surface area contributed by atoms with Gasteiger partial charge in [0.2, 0.25) is 17.7 Å². The van der Waals surface area contributed by atoms with Crippen molar-refractivity contribution >= 4 is 35.6 Å². The molecular weight excluding hydrogens is 502 g/mol. The molecule has 4 atom stereocenters. The fourth-order valence-corrected chi connectivity index (χ4v) is 4.05. The van der Waals surface area contributed by atoms with Crippen LogP contribution in [0.4, 0.5) is 0 Å². The molecule has 210 valence electrons. The van der Waals surface area contributed by atoms with Crippen LogP contribution in [0.3, 0.4) is 0 Å². The van der Waals surface area contributed by atoms with Gasteiger partial charge in [0.15, 0.2) is 5.96 Å². The van der Waals surface area contributed by atoms with Gasteiger partial charge in [-0.15, -0.1) is 0 Å². The Morgan fingerprint density at radius 2 is 1.89 bits per heavy atom. The Labute approximate surface area is 218 Å². The zero-order chi connectivity index (χ0) is 28.2. The highest BCUT2D eigenvalue weighted by Crippen LogP contribution is 2.20. The van der Waals surface area contributed by atoms with Crippen LogP contribution in [0.5, 0.6) is 0 Å². The lowest BCUT2D eigenvalue weighted by atomic mass is 10.1. The summed E-state index contributed by atoms with van der Waals surface area (Å²) in [6.07, 6.45) is 3.52. The summed E-state index contributed by atoms with van der Waals surface area (Å²) in [5.74, 6) is -4.55. The van der Waals surface area contributed by atoms with Gasteiger partial charge in [-0.2, -0.15) is 0 Å². The molecular formula is C22H35N9O7. The smallest absolute Gasteiger partial charge is 0.326 e. The molecule has 1 aliphatic rings. The summed E-state index contributed by atoms with van der Waals surface area (Å²) in [6.45, 7) is 0.584. The van der Waals surface area contributed by atoms with Crippen LogP contribution < -0.4 is 27.8 Å². The second-order valence-electron chi connectivity index (χ2n) is 8.92. The van der Waals surface area contributed by atoms with E-state index in [1.165, 1.54) is 17.4 Å². The van der Waals surface area contributed by atoms with Crippen LogP contribution >= 0.6 is 0 Å². The normalized spacial score (nSPS) is 17.2. The van der Waals surface area contributed by atoms with E-state index in [1.807, 2.05) is 0 Å². The molecule has 1 aromatic heterocycles. The maximum Gasteiger partial charge on any atom is 0.326 e. The van der Waals surface area contributed by atoms with Gasteiger partial charge in [-0.3, -0.25) is 24.2 Å². The molecule has 11 N–H and O–H groups in total. The molecule has 38 heavy (non-hydrogen) atoms. The number of nitrogens with one attached hydrogen (secondary N) is 3. The average Bonchev–Trinajstić information content (AvgIpc) is 3.55. The van der Waals surface area contributed by atoms with Gasteiger partial charge in [0, 0.05) is 37.8 Å². The van der Waals surface area contributed by atoms with Crippen LogP contribution in [-0.4, -0.2) is 98.0 Å². The number of carboxylic acid groups (broad SMARTS) is 2. The standard InChI is InChI=1S/C22H35N9O7/c23-13(3-1-7-27-22(24)25)20(36)31-8-2-4-16(31)19(35)29-14(5-6-17(32)33)18(34)30-15(21(37)38)9-12-10-26-11-28-12/h10-11,13-16H,1-9,23H2,(H,26,28)(H,29,35)(H,30,34)(H,32,33)(H,37,38)(H4,24,25,27).